The molecule has 0 fully saturated rings. The molecule has 2 aromatic carbocycles. The van der Waals surface area contributed by atoms with Crippen LogP contribution in [0.15, 0.2) is 72.2 Å². The van der Waals surface area contributed by atoms with Crippen LogP contribution in [0.25, 0.3) is 22.0 Å². The van der Waals surface area contributed by atoms with Crippen LogP contribution in [0.2, 0.25) is 0 Å². The van der Waals surface area contributed by atoms with Gasteiger partial charge in [-0.2, -0.15) is 0 Å². The van der Waals surface area contributed by atoms with Gasteiger partial charge in [0.1, 0.15) is 0 Å². The molecular formula is C20H16N4OS. The van der Waals surface area contributed by atoms with Crippen LogP contribution in [0.3, 0.4) is 0 Å². The van der Waals surface area contributed by atoms with E-state index in [0.29, 0.717) is 11.7 Å². The molecule has 2 N–H and O–H groups in total. The number of amides is 2. The van der Waals surface area contributed by atoms with Crippen molar-refractivity contribution in [2.75, 3.05) is 5.32 Å². The molecule has 4 aromatic rings. The molecule has 0 spiro atoms. The largest absolute Gasteiger partial charge is 0.332 e. The first-order valence-electron chi connectivity index (χ1n) is 8.18. The Morgan fingerprint density at radius 1 is 1.00 bits per heavy atom. The standard InChI is InChI=1S/C20H16N4OS/c25-19(22-12-17-16-9-5-4-6-14(16)10-11-21-17)24-20-23-18(13-26-20)15-7-2-1-3-8-15/h1-11,13H,12H2,(H2,22,23,24,25). The minimum atomic E-state index is -0.298. The monoisotopic (exact) mass is 360 g/mol. The first-order valence-corrected chi connectivity index (χ1v) is 9.06. The second-order valence-electron chi connectivity index (χ2n) is 5.69. The highest BCUT2D eigenvalue weighted by molar-refractivity contribution is 7.14. The number of carbonyl (C=O) groups excluding carboxylic acids is 1. The smallest absolute Gasteiger partial charge is 0.321 e. The Hall–Kier alpha value is -3.25. The lowest BCUT2D eigenvalue weighted by Crippen LogP contribution is -2.28. The fraction of sp³-hybridized carbons (Fsp3) is 0.0500. The van der Waals surface area contributed by atoms with Crippen LogP contribution in [0.1, 0.15) is 5.69 Å². The summed E-state index contributed by atoms with van der Waals surface area (Å²) in [5.74, 6) is 0. The van der Waals surface area contributed by atoms with Crippen molar-refractivity contribution in [2.45, 2.75) is 6.54 Å². The highest BCUT2D eigenvalue weighted by atomic mass is 32.1. The molecule has 0 aliphatic carbocycles. The number of hydrogen-bond donors (Lipinski definition) is 2. The predicted octanol–water partition coefficient (Wildman–Crippen LogP) is 4.68. The van der Waals surface area contributed by atoms with E-state index in [1.165, 1.54) is 11.3 Å². The second-order valence-corrected chi connectivity index (χ2v) is 6.55. The van der Waals surface area contributed by atoms with Gasteiger partial charge in [0, 0.05) is 22.5 Å². The van der Waals surface area contributed by atoms with Gasteiger partial charge in [-0.25, -0.2) is 9.78 Å². The van der Waals surface area contributed by atoms with E-state index in [4.69, 9.17) is 0 Å². The quantitative estimate of drug-likeness (QED) is 0.555. The molecule has 2 heterocycles. The van der Waals surface area contributed by atoms with E-state index in [-0.39, 0.29) is 6.03 Å². The summed E-state index contributed by atoms with van der Waals surface area (Å²) >= 11 is 1.40. The third-order valence-corrected chi connectivity index (χ3v) is 4.72. The summed E-state index contributed by atoms with van der Waals surface area (Å²) in [6.07, 6.45) is 1.75. The van der Waals surface area contributed by atoms with Gasteiger partial charge in [0.15, 0.2) is 5.13 Å². The molecule has 0 saturated heterocycles. The van der Waals surface area contributed by atoms with Crippen LogP contribution < -0.4 is 10.6 Å². The number of benzene rings is 2. The van der Waals surface area contributed by atoms with Gasteiger partial charge in [0.25, 0.3) is 0 Å². The van der Waals surface area contributed by atoms with E-state index in [1.54, 1.807) is 6.20 Å². The first kappa shape index (κ1) is 16.2. The molecule has 0 bridgehead atoms. The molecule has 26 heavy (non-hydrogen) atoms. The van der Waals surface area contributed by atoms with Crippen LogP contribution >= 0.6 is 11.3 Å². The maximum atomic E-state index is 12.2. The fourth-order valence-corrected chi connectivity index (χ4v) is 3.42. The van der Waals surface area contributed by atoms with Gasteiger partial charge in [0.05, 0.1) is 17.9 Å². The summed E-state index contributed by atoms with van der Waals surface area (Å²) in [5, 5.41) is 10.3. The van der Waals surface area contributed by atoms with E-state index in [1.807, 2.05) is 66.0 Å². The molecule has 0 unspecified atom stereocenters. The molecule has 2 amide bonds. The molecule has 0 aliphatic heterocycles. The fourth-order valence-electron chi connectivity index (χ4n) is 2.70. The van der Waals surface area contributed by atoms with Crippen molar-refractivity contribution in [2.24, 2.45) is 0 Å². The minimum Gasteiger partial charge on any atom is -0.332 e. The number of carbonyl (C=O) groups is 1. The van der Waals surface area contributed by atoms with Gasteiger partial charge in [-0.1, -0.05) is 54.6 Å². The Bertz CT molecular complexity index is 1040. The molecule has 0 saturated carbocycles. The summed E-state index contributed by atoms with van der Waals surface area (Å²) < 4.78 is 0. The van der Waals surface area contributed by atoms with Crippen molar-refractivity contribution in [3.63, 3.8) is 0 Å². The van der Waals surface area contributed by atoms with Crippen molar-refractivity contribution >= 4 is 33.3 Å². The second kappa shape index (κ2) is 7.33. The number of thiazole rings is 1. The number of rotatable bonds is 4. The molecule has 4 rings (SSSR count). The summed E-state index contributed by atoms with van der Waals surface area (Å²) in [6, 6.07) is 19.5. The number of pyridine rings is 1. The average molecular weight is 360 g/mol. The van der Waals surface area contributed by atoms with Gasteiger partial charge in [-0.05, 0) is 11.5 Å². The lowest BCUT2D eigenvalue weighted by molar-refractivity contribution is 0.251. The zero-order valence-electron chi connectivity index (χ0n) is 13.8. The van der Waals surface area contributed by atoms with Crippen LogP contribution in [0, 0.1) is 0 Å². The molecule has 6 heteroatoms. The Morgan fingerprint density at radius 2 is 1.81 bits per heavy atom. The molecule has 0 aliphatic rings. The minimum absolute atomic E-state index is 0.298. The number of nitrogens with one attached hydrogen (secondary N) is 2. The van der Waals surface area contributed by atoms with Crippen LogP contribution in [0.4, 0.5) is 9.93 Å². The van der Waals surface area contributed by atoms with Crippen LogP contribution in [0.5, 0.6) is 0 Å². The maximum Gasteiger partial charge on any atom is 0.321 e. The maximum absolute atomic E-state index is 12.2. The highest BCUT2D eigenvalue weighted by Crippen LogP contribution is 2.24. The number of anilines is 1. The third-order valence-electron chi connectivity index (χ3n) is 3.97. The van der Waals surface area contributed by atoms with Crippen molar-refractivity contribution in [1.82, 2.24) is 15.3 Å². The van der Waals surface area contributed by atoms with Gasteiger partial charge in [-0.3, -0.25) is 10.3 Å². The van der Waals surface area contributed by atoms with Crippen LogP contribution in [-0.4, -0.2) is 16.0 Å². The number of urea groups is 1. The van der Waals surface area contributed by atoms with Crippen molar-refractivity contribution in [3.05, 3.63) is 77.9 Å². The Labute approximate surface area is 154 Å². The van der Waals surface area contributed by atoms with Gasteiger partial charge >= 0.3 is 6.03 Å². The molecule has 128 valence electrons. The van der Waals surface area contributed by atoms with E-state index in [9.17, 15) is 4.79 Å². The number of nitrogens with zero attached hydrogens (tertiary/aromatic N) is 2. The van der Waals surface area contributed by atoms with E-state index < -0.39 is 0 Å². The van der Waals surface area contributed by atoms with Crippen molar-refractivity contribution in [3.8, 4) is 11.3 Å². The number of fused-ring (bicyclic) bond motifs is 1. The highest BCUT2D eigenvalue weighted by Gasteiger charge is 2.09. The van der Waals surface area contributed by atoms with Crippen molar-refractivity contribution < 1.29 is 4.79 Å². The molecule has 5 nitrogen and oxygen atoms in total. The average Bonchev–Trinajstić information content (AvgIpc) is 3.15. The van der Waals surface area contributed by atoms with Gasteiger partial charge in [0.2, 0.25) is 0 Å². The summed E-state index contributed by atoms with van der Waals surface area (Å²) in [4.78, 5) is 21.0. The predicted molar refractivity (Wildman–Crippen MR) is 105 cm³/mol. The Kier molecular flexibility index (Phi) is 4.57. The van der Waals surface area contributed by atoms with Gasteiger partial charge < -0.3 is 5.32 Å². The van der Waals surface area contributed by atoms with E-state index >= 15 is 0 Å². The van der Waals surface area contributed by atoms with E-state index in [0.717, 1.165) is 27.7 Å². The lowest BCUT2D eigenvalue weighted by atomic mass is 10.1. The zero-order valence-corrected chi connectivity index (χ0v) is 14.7. The number of aromatic nitrogens is 2. The Morgan fingerprint density at radius 3 is 2.69 bits per heavy atom. The van der Waals surface area contributed by atoms with Crippen molar-refractivity contribution in [1.29, 1.82) is 0 Å². The molecule has 0 atom stereocenters. The molecular weight excluding hydrogens is 344 g/mol. The SMILES string of the molecule is O=C(NCc1nccc2ccccc12)Nc1nc(-c2ccccc2)cs1. The van der Waals surface area contributed by atoms with Crippen LogP contribution in [-0.2, 0) is 6.54 Å². The Balaban J connectivity index is 1.41. The molecule has 2 aromatic heterocycles. The molecule has 0 radical (unpaired) electrons. The number of hydrogen-bond acceptors (Lipinski definition) is 4. The zero-order chi connectivity index (χ0) is 17.8. The first-order chi connectivity index (χ1) is 12.8. The third kappa shape index (κ3) is 3.55. The topological polar surface area (TPSA) is 66.9 Å². The summed E-state index contributed by atoms with van der Waals surface area (Å²) in [5.41, 5.74) is 2.71. The summed E-state index contributed by atoms with van der Waals surface area (Å²) in [7, 11) is 0. The van der Waals surface area contributed by atoms with E-state index in [2.05, 4.69) is 20.6 Å². The summed E-state index contributed by atoms with van der Waals surface area (Å²) in [6.45, 7) is 0.351. The normalized spacial score (nSPS) is 10.6. The van der Waals surface area contributed by atoms with Gasteiger partial charge in [-0.15, -0.1) is 11.3 Å². The lowest BCUT2D eigenvalue weighted by Gasteiger charge is -2.07.